The molecule has 0 aromatic heterocycles. The predicted molar refractivity (Wildman–Crippen MR) is 65.5 cm³/mol. The molecular weight excluding hydrogens is 208 g/mol. The van der Waals surface area contributed by atoms with Gasteiger partial charge in [0.05, 0.1) is 0 Å². The van der Waals surface area contributed by atoms with Crippen LogP contribution in [0.15, 0.2) is 25.3 Å². The van der Waals surface area contributed by atoms with Gasteiger partial charge < -0.3 is 10.2 Å². The zero-order valence-electron chi connectivity index (χ0n) is 10.1. The number of aliphatic carboxylic acids is 2. The first kappa shape index (κ1) is 19.9. The van der Waals surface area contributed by atoms with Gasteiger partial charge in [0.1, 0.15) is 0 Å². The molecule has 4 heteroatoms. The lowest BCUT2D eigenvalue weighted by molar-refractivity contribution is -0.132. The first-order chi connectivity index (χ1) is 7.45. The van der Waals surface area contributed by atoms with E-state index in [1.54, 1.807) is 0 Å². The molecule has 0 aliphatic carbocycles. The van der Waals surface area contributed by atoms with E-state index >= 15 is 0 Å². The number of carbonyl (C=O) groups is 2. The van der Waals surface area contributed by atoms with Gasteiger partial charge >= 0.3 is 11.9 Å². The number of carboxylic acids is 2. The molecule has 0 saturated heterocycles. The molecule has 0 aliphatic heterocycles. The summed E-state index contributed by atoms with van der Waals surface area (Å²) in [5.41, 5.74) is 0. The maximum Gasteiger partial charge on any atom is 0.327 e. The fourth-order valence-electron chi connectivity index (χ4n) is 0.500. The molecule has 0 atom stereocenters. The summed E-state index contributed by atoms with van der Waals surface area (Å²) >= 11 is 0. The Kier molecular flexibility index (Phi) is 23.7. The van der Waals surface area contributed by atoms with Gasteiger partial charge in [-0.05, 0) is 0 Å². The summed E-state index contributed by atoms with van der Waals surface area (Å²) in [6, 6.07) is 0. The highest BCUT2D eigenvalue weighted by Gasteiger charge is 1.75. The Morgan fingerprint density at radius 1 is 0.938 bits per heavy atom. The average Bonchev–Trinajstić information content (AvgIpc) is 2.27. The first-order valence-electron chi connectivity index (χ1n) is 5.16. The van der Waals surface area contributed by atoms with Crippen molar-refractivity contribution >= 4 is 11.9 Å². The van der Waals surface area contributed by atoms with Gasteiger partial charge in [-0.1, -0.05) is 52.7 Å². The molecule has 4 nitrogen and oxygen atoms in total. The normalized spacial score (nSPS) is 7.38. The zero-order valence-corrected chi connectivity index (χ0v) is 10.1. The molecule has 0 fully saturated rings. The fraction of sp³-hybridized carbons (Fsp3) is 0.500. The molecule has 2 N–H and O–H groups in total. The third-order valence-corrected chi connectivity index (χ3v) is 1.31. The molecule has 0 saturated carbocycles. The second kappa shape index (κ2) is 19.1. The number of rotatable bonds is 5. The third-order valence-electron chi connectivity index (χ3n) is 1.31. The molecule has 94 valence electrons. The summed E-state index contributed by atoms with van der Waals surface area (Å²) in [7, 11) is 0. The molecule has 0 rings (SSSR count). The molecule has 16 heavy (non-hydrogen) atoms. The molecule has 0 amide bonds. The quantitative estimate of drug-likeness (QED) is 0.562. The van der Waals surface area contributed by atoms with Gasteiger partial charge in [0.2, 0.25) is 0 Å². The Morgan fingerprint density at radius 3 is 1.19 bits per heavy atom. The van der Waals surface area contributed by atoms with Crippen LogP contribution >= 0.6 is 0 Å². The third kappa shape index (κ3) is 55.1. The van der Waals surface area contributed by atoms with Crippen molar-refractivity contribution < 1.29 is 19.8 Å². The standard InChI is InChI=1S/C6H14.2C3H4O2/c1-3-5-6-4-2;2*1-2-3(4)5/h3-6H2,1-2H3;2*2H,1H2,(H,4,5). The predicted octanol–water partition coefficient (Wildman–Crippen LogP) is 3.10. The van der Waals surface area contributed by atoms with Gasteiger partial charge in [0.15, 0.2) is 0 Å². The number of carboxylic acid groups (broad SMARTS) is 2. The van der Waals surface area contributed by atoms with Gasteiger partial charge in [-0.3, -0.25) is 0 Å². The minimum atomic E-state index is -0.981. The van der Waals surface area contributed by atoms with E-state index in [0.717, 1.165) is 12.2 Å². The summed E-state index contributed by atoms with van der Waals surface area (Å²) in [5, 5.41) is 15.2. The minimum absolute atomic E-state index is 0.833. The molecule has 0 aromatic carbocycles. The Labute approximate surface area is 97.3 Å². The van der Waals surface area contributed by atoms with Gasteiger partial charge in [0.25, 0.3) is 0 Å². The van der Waals surface area contributed by atoms with Crippen LogP contribution in [-0.2, 0) is 9.59 Å². The van der Waals surface area contributed by atoms with Crippen LogP contribution in [0.1, 0.15) is 39.5 Å². The SMILES string of the molecule is C=CC(=O)O.C=CC(=O)O.CCCCCC. The van der Waals surface area contributed by atoms with Crippen molar-refractivity contribution in [1.82, 2.24) is 0 Å². The molecule has 0 aliphatic rings. The van der Waals surface area contributed by atoms with Crippen LogP contribution in [0.5, 0.6) is 0 Å². The lowest BCUT2D eigenvalue weighted by Crippen LogP contribution is -1.82. The Balaban J connectivity index is -0.000000160. The van der Waals surface area contributed by atoms with E-state index in [-0.39, 0.29) is 0 Å². The van der Waals surface area contributed by atoms with Crippen molar-refractivity contribution in [2.24, 2.45) is 0 Å². The smallest absolute Gasteiger partial charge is 0.327 e. The van der Waals surface area contributed by atoms with Gasteiger partial charge in [-0.25, -0.2) is 9.59 Å². The lowest BCUT2D eigenvalue weighted by Gasteiger charge is -1.86. The van der Waals surface area contributed by atoms with Crippen molar-refractivity contribution in [2.45, 2.75) is 39.5 Å². The van der Waals surface area contributed by atoms with Crippen LogP contribution in [0, 0.1) is 0 Å². The molecule has 0 spiro atoms. The van der Waals surface area contributed by atoms with Gasteiger partial charge in [-0.2, -0.15) is 0 Å². The summed E-state index contributed by atoms with van der Waals surface area (Å²) in [6.45, 7) is 10.4. The van der Waals surface area contributed by atoms with E-state index in [9.17, 15) is 9.59 Å². The Bertz CT molecular complexity index is 175. The Hall–Kier alpha value is -1.58. The molecule has 0 bridgehead atoms. The van der Waals surface area contributed by atoms with E-state index < -0.39 is 11.9 Å². The molecule has 0 unspecified atom stereocenters. The van der Waals surface area contributed by atoms with Gasteiger partial charge in [0, 0.05) is 12.2 Å². The largest absolute Gasteiger partial charge is 0.478 e. The van der Waals surface area contributed by atoms with E-state index in [0.29, 0.717) is 0 Å². The molecule has 0 aromatic rings. The highest BCUT2D eigenvalue weighted by molar-refractivity contribution is 5.79. The maximum absolute atomic E-state index is 9.25. The summed E-state index contributed by atoms with van der Waals surface area (Å²) in [4.78, 5) is 18.5. The maximum atomic E-state index is 9.25. The van der Waals surface area contributed by atoms with Crippen molar-refractivity contribution in [1.29, 1.82) is 0 Å². The number of hydrogen-bond donors (Lipinski definition) is 2. The molecular formula is C12H22O4. The minimum Gasteiger partial charge on any atom is -0.478 e. The molecule has 0 heterocycles. The van der Waals surface area contributed by atoms with Crippen LogP contribution in [-0.4, -0.2) is 22.2 Å². The highest BCUT2D eigenvalue weighted by Crippen LogP contribution is 1.95. The average molecular weight is 230 g/mol. The van der Waals surface area contributed by atoms with Crippen molar-refractivity contribution in [3.8, 4) is 0 Å². The van der Waals surface area contributed by atoms with Crippen LogP contribution in [0.25, 0.3) is 0 Å². The van der Waals surface area contributed by atoms with E-state index in [4.69, 9.17) is 10.2 Å². The van der Waals surface area contributed by atoms with E-state index in [1.807, 2.05) is 0 Å². The first-order valence-corrected chi connectivity index (χ1v) is 5.16. The van der Waals surface area contributed by atoms with Crippen molar-refractivity contribution in [3.05, 3.63) is 25.3 Å². The topological polar surface area (TPSA) is 74.6 Å². The zero-order chi connectivity index (χ0) is 13.4. The summed E-state index contributed by atoms with van der Waals surface area (Å²) in [6.07, 6.45) is 7.20. The number of hydrogen-bond acceptors (Lipinski definition) is 2. The second-order valence-corrected chi connectivity index (χ2v) is 2.79. The monoisotopic (exact) mass is 230 g/mol. The summed E-state index contributed by atoms with van der Waals surface area (Å²) < 4.78 is 0. The van der Waals surface area contributed by atoms with Crippen LogP contribution in [0.2, 0.25) is 0 Å². The lowest BCUT2D eigenvalue weighted by atomic mass is 10.2. The highest BCUT2D eigenvalue weighted by atomic mass is 16.4. The van der Waals surface area contributed by atoms with Crippen LogP contribution < -0.4 is 0 Å². The summed E-state index contributed by atoms with van der Waals surface area (Å²) in [5.74, 6) is -1.96. The van der Waals surface area contributed by atoms with Crippen LogP contribution in [0.3, 0.4) is 0 Å². The van der Waals surface area contributed by atoms with Gasteiger partial charge in [-0.15, -0.1) is 0 Å². The number of unbranched alkanes of at least 4 members (excludes halogenated alkanes) is 3. The Morgan fingerprint density at radius 2 is 1.12 bits per heavy atom. The van der Waals surface area contributed by atoms with Crippen molar-refractivity contribution in [3.63, 3.8) is 0 Å². The fourth-order valence-corrected chi connectivity index (χ4v) is 0.500. The van der Waals surface area contributed by atoms with E-state index in [2.05, 4.69) is 27.0 Å². The molecule has 0 radical (unpaired) electrons. The second-order valence-electron chi connectivity index (χ2n) is 2.79. The van der Waals surface area contributed by atoms with E-state index in [1.165, 1.54) is 25.7 Å². The van der Waals surface area contributed by atoms with Crippen LogP contribution in [0.4, 0.5) is 0 Å². The van der Waals surface area contributed by atoms with Crippen molar-refractivity contribution in [2.75, 3.05) is 0 Å².